The van der Waals surface area contributed by atoms with Crippen LogP contribution in [-0.2, 0) is 33.3 Å². The third-order valence-corrected chi connectivity index (χ3v) is 14.6. The monoisotopic (exact) mass is 1070 g/mol. The van der Waals surface area contributed by atoms with Crippen LogP contribution in [0.15, 0.2) is 36.5 Å². The number of aliphatic carboxylic acids is 1. The van der Waals surface area contributed by atoms with Gasteiger partial charge >= 0.3 is 17.9 Å². The maximum absolute atomic E-state index is 12.9. The number of rotatable bonds is 61. The summed E-state index contributed by atoms with van der Waals surface area (Å²) >= 11 is 0. The average Bonchev–Trinajstić information content (AvgIpc) is 3.39. The molecule has 0 aromatic carbocycles. The number of likely N-dealkylation sites (N-methyl/N-ethyl adjacent to an activating group) is 1. The highest BCUT2D eigenvalue weighted by molar-refractivity contribution is 5.71. The van der Waals surface area contributed by atoms with Crippen LogP contribution in [0, 0.1) is 0 Å². The number of carboxylic acids is 1. The number of nitrogens with zero attached hydrogens (tertiary/aromatic N) is 1. The van der Waals surface area contributed by atoms with Crippen LogP contribution in [0.25, 0.3) is 0 Å². The molecule has 1 N–H and O–H groups in total. The number of allylic oxidation sites excluding steroid dienone is 6. The summed E-state index contributed by atoms with van der Waals surface area (Å²) in [5, 5.41) is 9.69. The minimum Gasteiger partial charge on any atom is -0.477 e. The number of quaternary nitrogens is 1. The number of carbonyl (C=O) groups is 3. The number of carbonyl (C=O) groups excluding carboxylic acids is 2. The van der Waals surface area contributed by atoms with E-state index in [0.29, 0.717) is 17.4 Å². The van der Waals surface area contributed by atoms with E-state index in [9.17, 15) is 19.5 Å². The van der Waals surface area contributed by atoms with Crippen LogP contribution >= 0.6 is 0 Å². The summed E-state index contributed by atoms with van der Waals surface area (Å²) < 4.78 is 22.9. The highest BCUT2D eigenvalue weighted by Crippen LogP contribution is 2.18. The summed E-state index contributed by atoms with van der Waals surface area (Å²) in [5.41, 5.74) is 0. The van der Waals surface area contributed by atoms with Crippen molar-refractivity contribution in [2.45, 2.75) is 328 Å². The molecule has 0 heterocycles. The summed E-state index contributed by atoms with van der Waals surface area (Å²) in [5.74, 6) is -2.00. The van der Waals surface area contributed by atoms with Crippen molar-refractivity contribution in [1.82, 2.24) is 0 Å². The van der Waals surface area contributed by atoms with Crippen LogP contribution in [0.2, 0.25) is 0 Å². The standard InChI is InChI=1S/C67H125NO8/c1-6-8-10-12-14-16-18-20-21-22-23-24-25-26-27-28-29-30-31-32-33-34-35-36-37-38-39-40-41-42-43-44-45-46-48-50-52-54-56-58-65(70)76-63(62-75-67(66(71)72)73-60-59-68(3,4)5)61-74-64(69)57-55-53-51-49-47-19-17-15-13-11-9-7-2/h15,17-18,20,22-23,63,67H,6-14,16,19,21,24-62H2,1-5H3/p+1/b17-15-,20-18-,23-22-. The molecule has 0 rings (SSSR count). The fourth-order valence-electron chi connectivity index (χ4n) is 9.57. The average molecular weight is 1070 g/mol. The van der Waals surface area contributed by atoms with Gasteiger partial charge in [-0.2, -0.15) is 0 Å². The van der Waals surface area contributed by atoms with E-state index in [4.69, 9.17) is 18.9 Å². The second kappa shape index (κ2) is 58.7. The topological polar surface area (TPSA) is 108 Å². The summed E-state index contributed by atoms with van der Waals surface area (Å²) in [7, 11) is 5.97. The van der Waals surface area contributed by atoms with Gasteiger partial charge in [-0.1, -0.05) is 269 Å². The van der Waals surface area contributed by atoms with E-state index in [2.05, 4.69) is 50.3 Å². The number of carboxylic acid groups (broad SMARTS) is 1. The molecule has 76 heavy (non-hydrogen) atoms. The van der Waals surface area contributed by atoms with Crippen LogP contribution in [0.5, 0.6) is 0 Å². The number of unbranched alkanes of at least 4 members (excludes halogenated alkanes) is 40. The summed E-state index contributed by atoms with van der Waals surface area (Å²) in [6, 6.07) is 0. The lowest BCUT2D eigenvalue weighted by Gasteiger charge is -2.25. The van der Waals surface area contributed by atoms with Crippen molar-refractivity contribution < 1.29 is 42.9 Å². The van der Waals surface area contributed by atoms with Gasteiger partial charge in [0.1, 0.15) is 13.2 Å². The molecule has 0 saturated carbocycles. The zero-order valence-electron chi connectivity index (χ0n) is 50.9. The van der Waals surface area contributed by atoms with Crippen molar-refractivity contribution in [2.75, 3.05) is 47.5 Å². The Bertz CT molecular complexity index is 1340. The third-order valence-electron chi connectivity index (χ3n) is 14.6. The van der Waals surface area contributed by atoms with Crippen LogP contribution < -0.4 is 0 Å². The molecule has 0 aliphatic carbocycles. The Balaban J connectivity index is 3.90. The van der Waals surface area contributed by atoms with Gasteiger partial charge in [0.2, 0.25) is 0 Å². The molecule has 0 amide bonds. The molecule has 0 aliphatic heterocycles. The maximum Gasteiger partial charge on any atom is 0.361 e. The molecule has 0 bridgehead atoms. The molecule has 9 heteroatoms. The molecule has 0 fully saturated rings. The highest BCUT2D eigenvalue weighted by Gasteiger charge is 2.25. The third kappa shape index (κ3) is 59.2. The molecule has 0 saturated heterocycles. The molecule has 0 aliphatic rings. The SMILES string of the molecule is CCCCC/C=C\CCCCCCCC(=O)OCC(COC(OCC[N+](C)(C)C)C(=O)O)OC(=O)CCCCCCCCCCCCCCCCCCCCCCCCCCCCC/C=C\C/C=C\CCCCCCC. The van der Waals surface area contributed by atoms with Gasteiger partial charge in [0.05, 0.1) is 34.4 Å². The van der Waals surface area contributed by atoms with Crippen molar-refractivity contribution >= 4 is 17.9 Å². The van der Waals surface area contributed by atoms with Crippen LogP contribution in [-0.4, -0.2) is 87.4 Å². The number of esters is 2. The normalized spacial score (nSPS) is 12.9. The zero-order valence-corrected chi connectivity index (χ0v) is 50.9. The fraction of sp³-hybridized carbons (Fsp3) is 0.866. The lowest BCUT2D eigenvalue weighted by molar-refractivity contribution is -0.870. The lowest BCUT2D eigenvalue weighted by atomic mass is 10.0. The van der Waals surface area contributed by atoms with E-state index >= 15 is 0 Å². The number of ether oxygens (including phenoxy) is 4. The van der Waals surface area contributed by atoms with Crippen molar-refractivity contribution in [3.05, 3.63) is 36.5 Å². The molecule has 0 aromatic heterocycles. The first-order valence-corrected chi connectivity index (χ1v) is 32.7. The Kier molecular flexibility index (Phi) is 56.7. The molecule has 2 atom stereocenters. The molecule has 0 aromatic rings. The van der Waals surface area contributed by atoms with Crippen molar-refractivity contribution in [1.29, 1.82) is 0 Å². The summed E-state index contributed by atoms with van der Waals surface area (Å²) in [6.45, 7) is 4.87. The van der Waals surface area contributed by atoms with E-state index in [-0.39, 0.29) is 32.2 Å². The van der Waals surface area contributed by atoms with Crippen molar-refractivity contribution in [3.63, 3.8) is 0 Å². The predicted octanol–water partition coefficient (Wildman–Crippen LogP) is 19.6. The van der Waals surface area contributed by atoms with Gasteiger partial charge in [-0.05, 0) is 70.6 Å². The van der Waals surface area contributed by atoms with Gasteiger partial charge in [0, 0.05) is 12.8 Å². The molecule has 0 radical (unpaired) electrons. The Labute approximate surface area is 470 Å². The summed E-state index contributed by atoms with van der Waals surface area (Å²) in [6.07, 6.45) is 69.9. The number of hydrogen-bond donors (Lipinski definition) is 1. The molecule has 0 spiro atoms. The lowest BCUT2D eigenvalue weighted by Crippen LogP contribution is -2.40. The van der Waals surface area contributed by atoms with E-state index < -0.39 is 24.3 Å². The second-order valence-electron chi connectivity index (χ2n) is 23.4. The van der Waals surface area contributed by atoms with Crippen LogP contribution in [0.4, 0.5) is 0 Å². The quantitative estimate of drug-likeness (QED) is 0.0211. The van der Waals surface area contributed by atoms with E-state index in [1.54, 1.807) is 0 Å². The van der Waals surface area contributed by atoms with E-state index in [0.717, 1.165) is 64.2 Å². The summed E-state index contributed by atoms with van der Waals surface area (Å²) in [4.78, 5) is 37.3. The van der Waals surface area contributed by atoms with Crippen molar-refractivity contribution in [3.8, 4) is 0 Å². The number of hydrogen-bond acceptors (Lipinski definition) is 7. The Morgan fingerprint density at radius 2 is 0.711 bits per heavy atom. The molecule has 9 nitrogen and oxygen atoms in total. The maximum atomic E-state index is 12.9. The van der Waals surface area contributed by atoms with Crippen LogP contribution in [0.3, 0.4) is 0 Å². The highest BCUT2D eigenvalue weighted by atomic mass is 16.7. The predicted molar refractivity (Wildman–Crippen MR) is 323 cm³/mol. The molecular weight excluding hydrogens is 947 g/mol. The fourth-order valence-corrected chi connectivity index (χ4v) is 9.57. The second-order valence-corrected chi connectivity index (χ2v) is 23.4. The van der Waals surface area contributed by atoms with Gasteiger partial charge < -0.3 is 28.5 Å². The van der Waals surface area contributed by atoms with Gasteiger partial charge in [-0.25, -0.2) is 4.79 Å². The molecule has 446 valence electrons. The smallest absolute Gasteiger partial charge is 0.361 e. The Hall–Kier alpha value is -2.49. The van der Waals surface area contributed by atoms with E-state index in [1.165, 1.54) is 225 Å². The minimum atomic E-state index is -1.51. The Morgan fingerprint density at radius 3 is 1.08 bits per heavy atom. The van der Waals surface area contributed by atoms with Gasteiger partial charge in [-0.15, -0.1) is 0 Å². The molecular formula is C67H126NO8+. The van der Waals surface area contributed by atoms with Gasteiger partial charge in [0.25, 0.3) is 6.29 Å². The zero-order chi connectivity index (χ0) is 55.5. The van der Waals surface area contributed by atoms with Gasteiger partial charge in [0.15, 0.2) is 6.10 Å². The molecule has 2 unspecified atom stereocenters. The minimum absolute atomic E-state index is 0.182. The van der Waals surface area contributed by atoms with Crippen molar-refractivity contribution in [2.24, 2.45) is 0 Å². The van der Waals surface area contributed by atoms with E-state index in [1.807, 2.05) is 21.1 Å². The largest absolute Gasteiger partial charge is 0.477 e. The first-order chi connectivity index (χ1) is 37.1. The van der Waals surface area contributed by atoms with Crippen LogP contribution in [0.1, 0.15) is 316 Å². The Morgan fingerprint density at radius 1 is 0.395 bits per heavy atom. The first kappa shape index (κ1) is 73.5. The first-order valence-electron chi connectivity index (χ1n) is 32.7. The van der Waals surface area contributed by atoms with Gasteiger partial charge in [-0.3, -0.25) is 9.59 Å².